The lowest BCUT2D eigenvalue weighted by Crippen LogP contribution is -2.18. The highest BCUT2D eigenvalue weighted by molar-refractivity contribution is 5.73. The van der Waals surface area contributed by atoms with E-state index in [2.05, 4.69) is 30.0 Å². The van der Waals surface area contributed by atoms with Crippen molar-refractivity contribution in [2.45, 2.75) is 13.5 Å². The topological polar surface area (TPSA) is 53.0 Å². The van der Waals surface area contributed by atoms with Crippen LogP contribution in [0.15, 0.2) is 42.5 Å². The van der Waals surface area contributed by atoms with Crippen molar-refractivity contribution in [3.8, 4) is 6.07 Å². The third-order valence-electron chi connectivity index (χ3n) is 3.28. The molecule has 0 atom stereocenters. The number of nitriles is 1. The van der Waals surface area contributed by atoms with E-state index >= 15 is 0 Å². The van der Waals surface area contributed by atoms with E-state index in [0.717, 1.165) is 12.2 Å². The van der Waals surface area contributed by atoms with E-state index in [0.29, 0.717) is 11.3 Å². The Bertz CT molecular complexity index is 626. The normalized spacial score (nSPS) is 9.95. The second-order valence-electron chi connectivity index (χ2n) is 4.63. The van der Waals surface area contributed by atoms with Gasteiger partial charge in [0.2, 0.25) is 0 Å². The molecule has 0 saturated heterocycles. The third-order valence-corrected chi connectivity index (χ3v) is 3.28. The van der Waals surface area contributed by atoms with Crippen molar-refractivity contribution < 1.29 is 0 Å². The largest absolute Gasteiger partial charge is 0.396 e. The van der Waals surface area contributed by atoms with E-state index in [1.807, 2.05) is 31.3 Å². The highest BCUT2D eigenvalue weighted by Crippen LogP contribution is 2.26. The minimum absolute atomic E-state index is 0.522. The molecule has 0 spiro atoms. The van der Waals surface area contributed by atoms with Crippen molar-refractivity contribution in [1.29, 1.82) is 5.26 Å². The zero-order chi connectivity index (χ0) is 13.8. The van der Waals surface area contributed by atoms with Gasteiger partial charge in [-0.25, -0.2) is 0 Å². The molecule has 0 fully saturated rings. The second-order valence-corrected chi connectivity index (χ2v) is 4.63. The molecule has 0 radical (unpaired) electrons. The third kappa shape index (κ3) is 2.69. The number of benzene rings is 2. The van der Waals surface area contributed by atoms with Crippen LogP contribution in [0.1, 0.15) is 16.7 Å². The van der Waals surface area contributed by atoms with Crippen LogP contribution in [-0.2, 0) is 6.54 Å². The Morgan fingerprint density at radius 3 is 2.58 bits per heavy atom. The molecule has 3 heteroatoms. The highest BCUT2D eigenvalue weighted by Gasteiger charge is 2.10. The van der Waals surface area contributed by atoms with Gasteiger partial charge in [0.05, 0.1) is 16.9 Å². The van der Waals surface area contributed by atoms with Gasteiger partial charge < -0.3 is 10.6 Å². The summed E-state index contributed by atoms with van der Waals surface area (Å²) in [6, 6.07) is 15.9. The van der Waals surface area contributed by atoms with Crippen molar-refractivity contribution in [2.24, 2.45) is 0 Å². The Labute approximate surface area is 113 Å². The summed E-state index contributed by atoms with van der Waals surface area (Å²) in [5.41, 5.74) is 10.5. The van der Waals surface area contributed by atoms with Gasteiger partial charge in [-0.05, 0) is 30.2 Å². The van der Waals surface area contributed by atoms with Gasteiger partial charge in [0.1, 0.15) is 6.07 Å². The fourth-order valence-corrected chi connectivity index (χ4v) is 2.11. The molecule has 0 amide bonds. The lowest BCUT2D eigenvalue weighted by molar-refractivity contribution is 0.915. The number of para-hydroxylation sites is 1. The number of hydrogen-bond acceptors (Lipinski definition) is 3. The first-order chi connectivity index (χ1) is 9.13. The van der Waals surface area contributed by atoms with Gasteiger partial charge in [-0.1, -0.05) is 30.3 Å². The Hall–Kier alpha value is -2.47. The molecule has 2 N–H and O–H groups in total. The van der Waals surface area contributed by atoms with Crippen LogP contribution in [0.3, 0.4) is 0 Å². The standard InChI is InChI=1S/C16H17N3/c1-12-6-3-4-7-14(12)11-19(2)15-9-5-8-13(10-17)16(15)18/h3-9H,11,18H2,1-2H3. The Morgan fingerprint density at radius 2 is 1.89 bits per heavy atom. The van der Waals surface area contributed by atoms with Crippen LogP contribution in [0.25, 0.3) is 0 Å². The summed E-state index contributed by atoms with van der Waals surface area (Å²) in [5.74, 6) is 0. The minimum atomic E-state index is 0.522. The second kappa shape index (κ2) is 5.45. The fraction of sp³-hybridized carbons (Fsp3) is 0.188. The van der Waals surface area contributed by atoms with Gasteiger partial charge in [-0.2, -0.15) is 5.26 Å². The number of hydrogen-bond donors (Lipinski definition) is 1. The van der Waals surface area contributed by atoms with Gasteiger partial charge in [0.15, 0.2) is 0 Å². The van der Waals surface area contributed by atoms with Crippen LogP contribution in [0.2, 0.25) is 0 Å². The number of anilines is 2. The molecule has 3 nitrogen and oxygen atoms in total. The maximum absolute atomic E-state index is 9.01. The summed E-state index contributed by atoms with van der Waals surface area (Å²) in [7, 11) is 1.99. The molecular formula is C16H17N3. The summed E-state index contributed by atoms with van der Waals surface area (Å²) in [6.45, 7) is 2.87. The highest BCUT2D eigenvalue weighted by atomic mass is 15.1. The Balaban J connectivity index is 2.29. The van der Waals surface area contributed by atoms with Crippen molar-refractivity contribution in [3.05, 3.63) is 59.2 Å². The Kier molecular flexibility index (Phi) is 3.72. The number of nitrogen functional groups attached to an aromatic ring is 1. The van der Waals surface area contributed by atoms with Crippen molar-refractivity contribution in [1.82, 2.24) is 0 Å². The van der Waals surface area contributed by atoms with Crippen LogP contribution in [0.5, 0.6) is 0 Å². The zero-order valence-electron chi connectivity index (χ0n) is 11.2. The van der Waals surface area contributed by atoms with Crippen LogP contribution >= 0.6 is 0 Å². The molecule has 0 aliphatic carbocycles. The van der Waals surface area contributed by atoms with Crippen LogP contribution in [0.4, 0.5) is 11.4 Å². The molecule has 0 bridgehead atoms. The first-order valence-corrected chi connectivity index (χ1v) is 6.17. The Morgan fingerprint density at radius 1 is 1.16 bits per heavy atom. The van der Waals surface area contributed by atoms with Crippen LogP contribution < -0.4 is 10.6 Å². The van der Waals surface area contributed by atoms with E-state index in [-0.39, 0.29) is 0 Å². The van der Waals surface area contributed by atoms with E-state index in [1.165, 1.54) is 11.1 Å². The average Bonchev–Trinajstić information content (AvgIpc) is 2.41. The molecule has 96 valence electrons. The lowest BCUT2D eigenvalue weighted by Gasteiger charge is -2.22. The molecule has 0 saturated carbocycles. The first kappa shape index (κ1) is 13.0. The minimum Gasteiger partial charge on any atom is -0.396 e. The summed E-state index contributed by atoms with van der Waals surface area (Å²) in [6.07, 6.45) is 0. The summed E-state index contributed by atoms with van der Waals surface area (Å²) in [4.78, 5) is 2.07. The number of rotatable bonds is 3. The van der Waals surface area contributed by atoms with Gasteiger partial charge in [0, 0.05) is 13.6 Å². The van der Waals surface area contributed by atoms with Crippen LogP contribution in [0, 0.1) is 18.3 Å². The molecular weight excluding hydrogens is 234 g/mol. The molecule has 0 unspecified atom stereocenters. The summed E-state index contributed by atoms with van der Waals surface area (Å²) in [5, 5.41) is 9.01. The van der Waals surface area contributed by atoms with Gasteiger partial charge in [-0.15, -0.1) is 0 Å². The van der Waals surface area contributed by atoms with E-state index in [9.17, 15) is 0 Å². The van der Waals surface area contributed by atoms with E-state index < -0.39 is 0 Å². The van der Waals surface area contributed by atoms with Gasteiger partial charge in [-0.3, -0.25) is 0 Å². The predicted molar refractivity (Wildman–Crippen MR) is 78.9 cm³/mol. The molecule has 19 heavy (non-hydrogen) atoms. The zero-order valence-corrected chi connectivity index (χ0v) is 11.2. The van der Waals surface area contributed by atoms with Gasteiger partial charge in [0.25, 0.3) is 0 Å². The molecule has 2 aromatic carbocycles. The number of nitrogens with two attached hydrogens (primary N) is 1. The molecule has 0 aromatic heterocycles. The summed E-state index contributed by atoms with van der Waals surface area (Å²) >= 11 is 0. The van der Waals surface area contributed by atoms with Gasteiger partial charge >= 0.3 is 0 Å². The molecule has 2 aromatic rings. The fourth-order valence-electron chi connectivity index (χ4n) is 2.11. The smallest absolute Gasteiger partial charge is 0.101 e. The van der Waals surface area contributed by atoms with E-state index in [1.54, 1.807) is 6.07 Å². The monoisotopic (exact) mass is 251 g/mol. The first-order valence-electron chi connectivity index (χ1n) is 6.17. The number of nitrogens with zero attached hydrogens (tertiary/aromatic N) is 2. The predicted octanol–water partition coefficient (Wildman–Crippen LogP) is 3.09. The molecule has 0 heterocycles. The maximum atomic E-state index is 9.01. The number of aryl methyl sites for hydroxylation is 1. The molecule has 2 rings (SSSR count). The SMILES string of the molecule is Cc1ccccc1CN(C)c1cccc(C#N)c1N. The average molecular weight is 251 g/mol. The van der Waals surface area contributed by atoms with Crippen LogP contribution in [-0.4, -0.2) is 7.05 Å². The molecule has 0 aliphatic rings. The lowest BCUT2D eigenvalue weighted by atomic mass is 10.1. The van der Waals surface area contributed by atoms with Crippen molar-refractivity contribution in [3.63, 3.8) is 0 Å². The van der Waals surface area contributed by atoms with Crippen molar-refractivity contribution in [2.75, 3.05) is 17.7 Å². The van der Waals surface area contributed by atoms with Crippen molar-refractivity contribution >= 4 is 11.4 Å². The quantitative estimate of drug-likeness (QED) is 0.853. The maximum Gasteiger partial charge on any atom is 0.101 e. The summed E-state index contributed by atoms with van der Waals surface area (Å²) < 4.78 is 0. The molecule has 0 aliphatic heterocycles. The van der Waals surface area contributed by atoms with E-state index in [4.69, 9.17) is 11.0 Å².